The average Bonchev–Trinajstić information content (AvgIpc) is 2.15. The second kappa shape index (κ2) is 4.86. The van der Waals surface area contributed by atoms with E-state index in [0.29, 0.717) is 5.56 Å². The highest BCUT2D eigenvalue weighted by molar-refractivity contribution is 9.10. The van der Waals surface area contributed by atoms with Crippen LogP contribution >= 0.6 is 15.9 Å². The van der Waals surface area contributed by atoms with Crippen molar-refractivity contribution in [2.75, 3.05) is 0 Å². The first kappa shape index (κ1) is 13.0. The first-order valence-corrected chi connectivity index (χ1v) is 5.25. The maximum atomic E-state index is 11.8. The molecule has 0 unspecified atom stereocenters. The molecule has 1 rings (SSSR count). The Morgan fingerprint density at radius 2 is 1.81 bits per heavy atom. The van der Waals surface area contributed by atoms with Crippen LogP contribution in [0, 0.1) is 0 Å². The van der Waals surface area contributed by atoms with Crippen molar-refractivity contribution in [1.29, 1.82) is 0 Å². The Kier molecular flexibility index (Phi) is 3.96. The van der Waals surface area contributed by atoms with E-state index in [9.17, 15) is 18.0 Å². The summed E-state index contributed by atoms with van der Waals surface area (Å²) in [7, 11) is 0. The molecule has 1 aromatic rings. The first-order valence-electron chi connectivity index (χ1n) is 4.33. The van der Waals surface area contributed by atoms with E-state index < -0.39 is 6.36 Å². The van der Waals surface area contributed by atoms with Gasteiger partial charge >= 0.3 is 6.36 Å². The largest absolute Gasteiger partial charge is 0.573 e. The predicted molar refractivity (Wildman–Crippen MR) is 55.8 cm³/mol. The molecule has 0 aliphatic rings. The van der Waals surface area contributed by atoms with Gasteiger partial charge < -0.3 is 4.74 Å². The summed E-state index contributed by atoms with van der Waals surface area (Å²) in [6.45, 7) is 1.64. The number of halogens is 4. The lowest BCUT2D eigenvalue weighted by Crippen LogP contribution is -2.17. The van der Waals surface area contributed by atoms with E-state index in [2.05, 4.69) is 20.7 Å². The summed E-state index contributed by atoms with van der Waals surface area (Å²) >= 11 is 3.08. The van der Waals surface area contributed by atoms with Crippen molar-refractivity contribution >= 4 is 21.7 Å². The van der Waals surface area contributed by atoms with Crippen molar-refractivity contribution in [1.82, 2.24) is 0 Å². The minimum atomic E-state index is -4.71. The fourth-order valence-corrected chi connectivity index (χ4v) is 1.31. The monoisotopic (exact) mass is 296 g/mol. The number of ketones is 1. The number of alkyl halides is 4. The molecule has 16 heavy (non-hydrogen) atoms. The number of benzene rings is 1. The van der Waals surface area contributed by atoms with Gasteiger partial charge in [-0.3, -0.25) is 4.79 Å². The molecule has 0 aliphatic carbocycles. The molecule has 0 saturated heterocycles. The van der Waals surface area contributed by atoms with Crippen molar-refractivity contribution in [3.8, 4) is 5.75 Å². The number of carbonyl (C=O) groups excluding carboxylic acids is 1. The van der Waals surface area contributed by atoms with Gasteiger partial charge in [-0.05, 0) is 31.2 Å². The third-order valence-corrected chi connectivity index (χ3v) is 2.15. The second-order valence-corrected chi connectivity index (χ2v) is 4.43. The molecule has 0 heterocycles. The number of hydrogen-bond donors (Lipinski definition) is 0. The molecular formula is C10H8BrF3O2. The van der Waals surface area contributed by atoms with E-state index in [1.54, 1.807) is 6.92 Å². The van der Waals surface area contributed by atoms with E-state index in [-0.39, 0.29) is 16.4 Å². The zero-order valence-corrected chi connectivity index (χ0v) is 9.80. The van der Waals surface area contributed by atoms with Crippen molar-refractivity contribution in [3.63, 3.8) is 0 Å². The number of rotatable bonds is 3. The first-order chi connectivity index (χ1) is 7.29. The van der Waals surface area contributed by atoms with Crippen molar-refractivity contribution in [2.45, 2.75) is 18.1 Å². The lowest BCUT2D eigenvalue weighted by Gasteiger charge is -2.09. The Labute approximate surface area is 98.5 Å². The lowest BCUT2D eigenvalue weighted by atomic mass is 10.1. The molecule has 0 aliphatic heterocycles. The second-order valence-electron chi connectivity index (χ2n) is 3.05. The molecule has 0 N–H and O–H groups in total. The molecule has 0 spiro atoms. The fourth-order valence-electron chi connectivity index (χ4n) is 1.05. The van der Waals surface area contributed by atoms with Gasteiger partial charge in [0.1, 0.15) is 5.75 Å². The van der Waals surface area contributed by atoms with E-state index in [0.717, 1.165) is 12.1 Å². The molecule has 0 bridgehead atoms. The van der Waals surface area contributed by atoms with E-state index in [1.165, 1.54) is 12.1 Å². The lowest BCUT2D eigenvalue weighted by molar-refractivity contribution is -0.274. The zero-order chi connectivity index (χ0) is 12.3. The Bertz CT molecular complexity index is 371. The van der Waals surface area contributed by atoms with Crippen LogP contribution in [0.2, 0.25) is 0 Å². The van der Waals surface area contributed by atoms with Gasteiger partial charge in [0.05, 0.1) is 4.83 Å². The van der Waals surface area contributed by atoms with Crippen LogP contribution in [0.5, 0.6) is 5.75 Å². The van der Waals surface area contributed by atoms with Gasteiger partial charge in [0.2, 0.25) is 0 Å². The fraction of sp³-hybridized carbons (Fsp3) is 0.300. The number of carbonyl (C=O) groups is 1. The van der Waals surface area contributed by atoms with Crippen LogP contribution in [-0.4, -0.2) is 17.0 Å². The van der Waals surface area contributed by atoms with E-state index in [1.807, 2.05) is 0 Å². The van der Waals surface area contributed by atoms with Crippen LogP contribution in [0.15, 0.2) is 24.3 Å². The van der Waals surface area contributed by atoms with Crippen LogP contribution in [0.3, 0.4) is 0 Å². The molecule has 6 heteroatoms. The summed E-state index contributed by atoms with van der Waals surface area (Å²) in [4.78, 5) is 11.1. The quantitative estimate of drug-likeness (QED) is 0.630. The molecule has 0 radical (unpaired) electrons. The van der Waals surface area contributed by atoms with E-state index in [4.69, 9.17) is 0 Å². The smallest absolute Gasteiger partial charge is 0.406 e. The number of hydrogen-bond acceptors (Lipinski definition) is 2. The average molecular weight is 297 g/mol. The molecule has 2 nitrogen and oxygen atoms in total. The SMILES string of the molecule is C[C@H](Br)C(=O)c1ccc(OC(F)(F)F)cc1. The highest BCUT2D eigenvalue weighted by Gasteiger charge is 2.31. The van der Waals surface area contributed by atoms with Gasteiger partial charge in [0.25, 0.3) is 0 Å². The van der Waals surface area contributed by atoms with Gasteiger partial charge in [0, 0.05) is 5.56 Å². The zero-order valence-electron chi connectivity index (χ0n) is 8.22. The van der Waals surface area contributed by atoms with Gasteiger partial charge in [-0.15, -0.1) is 13.2 Å². The molecule has 1 atom stereocenters. The summed E-state index contributed by atoms with van der Waals surface area (Å²) in [6.07, 6.45) is -4.71. The highest BCUT2D eigenvalue weighted by atomic mass is 79.9. The highest BCUT2D eigenvalue weighted by Crippen LogP contribution is 2.23. The molecule has 0 aromatic heterocycles. The van der Waals surface area contributed by atoms with E-state index >= 15 is 0 Å². The Morgan fingerprint density at radius 1 is 1.31 bits per heavy atom. The number of ether oxygens (including phenoxy) is 1. The Balaban J connectivity index is 2.80. The minimum absolute atomic E-state index is 0.196. The normalized spacial score (nSPS) is 13.3. The summed E-state index contributed by atoms with van der Waals surface area (Å²) in [5.41, 5.74) is 0.332. The topological polar surface area (TPSA) is 26.3 Å². The predicted octanol–water partition coefficient (Wildman–Crippen LogP) is 3.55. The number of Topliss-reactive ketones (excluding diaryl/α,β-unsaturated/α-hetero) is 1. The maximum Gasteiger partial charge on any atom is 0.573 e. The molecule has 1 aromatic carbocycles. The summed E-state index contributed by atoms with van der Waals surface area (Å²) < 4.78 is 39.2. The van der Waals surface area contributed by atoms with Crippen LogP contribution in [0.25, 0.3) is 0 Å². The van der Waals surface area contributed by atoms with Crippen molar-refractivity contribution in [3.05, 3.63) is 29.8 Å². The molecular weight excluding hydrogens is 289 g/mol. The third kappa shape index (κ3) is 3.84. The molecule has 0 fully saturated rings. The van der Waals surface area contributed by atoms with Crippen LogP contribution in [0.1, 0.15) is 17.3 Å². The summed E-state index contributed by atoms with van der Waals surface area (Å²) in [5, 5.41) is 0. The standard InChI is InChI=1S/C10H8BrF3O2/c1-6(11)9(15)7-2-4-8(5-3-7)16-10(12,13)14/h2-6H,1H3/t6-/m0/s1. The molecule has 0 saturated carbocycles. The van der Waals surface area contributed by atoms with Gasteiger partial charge in [-0.25, -0.2) is 0 Å². The van der Waals surface area contributed by atoms with Crippen molar-refractivity contribution < 1.29 is 22.7 Å². The maximum absolute atomic E-state index is 11.8. The summed E-state index contributed by atoms with van der Waals surface area (Å²) in [6, 6.07) is 4.80. The van der Waals surface area contributed by atoms with Crippen LogP contribution in [0.4, 0.5) is 13.2 Å². The molecule has 88 valence electrons. The molecule has 0 amide bonds. The summed E-state index contributed by atoms with van der Waals surface area (Å²) in [5.74, 6) is -0.537. The van der Waals surface area contributed by atoms with Crippen molar-refractivity contribution in [2.24, 2.45) is 0 Å². The van der Waals surface area contributed by atoms with Crippen LogP contribution in [-0.2, 0) is 0 Å². The Hall–Kier alpha value is -1.04. The van der Waals surface area contributed by atoms with Crippen LogP contribution < -0.4 is 4.74 Å². The van der Waals surface area contributed by atoms with Gasteiger partial charge in [-0.2, -0.15) is 0 Å². The van der Waals surface area contributed by atoms with Gasteiger partial charge in [0.15, 0.2) is 5.78 Å². The van der Waals surface area contributed by atoms with Gasteiger partial charge in [-0.1, -0.05) is 15.9 Å². The minimum Gasteiger partial charge on any atom is -0.406 e. The Morgan fingerprint density at radius 3 is 2.19 bits per heavy atom. The third-order valence-electron chi connectivity index (χ3n) is 1.73.